The van der Waals surface area contributed by atoms with Crippen molar-refractivity contribution >= 4 is 0 Å². The van der Waals surface area contributed by atoms with Gasteiger partial charge in [0.15, 0.2) is 24.8 Å². The van der Waals surface area contributed by atoms with E-state index in [1.54, 1.807) is 27.8 Å². The van der Waals surface area contributed by atoms with E-state index in [0.29, 0.717) is 16.7 Å². The van der Waals surface area contributed by atoms with Crippen molar-refractivity contribution in [3.05, 3.63) is 213 Å². The molecule has 4 heteroatoms. The molecule has 490 valence electrons. The highest BCUT2D eigenvalue weighted by molar-refractivity contribution is 5.65. The van der Waals surface area contributed by atoms with E-state index in [0.717, 1.165) is 43.4 Å². The molecule has 0 N–H and O–H groups in total. The fourth-order valence-corrected chi connectivity index (χ4v) is 15.3. The lowest BCUT2D eigenvalue weighted by Crippen LogP contribution is -2.33. The van der Waals surface area contributed by atoms with Crippen LogP contribution in [0.2, 0.25) is 0 Å². The second-order valence-electron chi connectivity index (χ2n) is 32.4. The molecule has 0 atom stereocenters. The first-order valence-electron chi connectivity index (χ1n) is 35.9. The Bertz CT molecular complexity index is 3720. The molecule has 0 saturated heterocycles. The van der Waals surface area contributed by atoms with Crippen LogP contribution in [0, 0.1) is 49.9 Å². The molecule has 4 heterocycles. The predicted octanol–water partition coefficient (Wildman–Crippen LogP) is 21.4. The molecule has 4 nitrogen and oxygen atoms in total. The highest BCUT2D eigenvalue weighted by Crippen LogP contribution is 2.41. The third-order valence-corrected chi connectivity index (χ3v) is 19.9. The highest BCUT2D eigenvalue weighted by Gasteiger charge is 2.30. The smallest absolute Gasteiger partial charge is 0.201 e. The van der Waals surface area contributed by atoms with Crippen LogP contribution in [-0.2, 0) is 60.3 Å². The maximum Gasteiger partial charge on any atom is 0.212 e. The molecule has 92 heavy (non-hydrogen) atoms. The van der Waals surface area contributed by atoms with Crippen LogP contribution < -0.4 is 18.3 Å². The monoisotopic (exact) mass is 1230 g/mol. The first-order chi connectivity index (χ1) is 43.6. The molecule has 0 bridgehead atoms. The minimum Gasteiger partial charge on any atom is -0.201 e. The average molecular weight is 1240 g/mol. The van der Waals surface area contributed by atoms with Crippen molar-refractivity contribution in [2.24, 2.45) is 50.4 Å². The first kappa shape index (κ1) is 71.3. The van der Waals surface area contributed by atoms with Gasteiger partial charge in [0.05, 0.1) is 0 Å². The van der Waals surface area contributed by atoms with Gasteiger partial charge in [-0.05, 0) is 207 Å². The molecule has 3 saturated carbocycles. The zero-order valence-electron chi connectivity index (χ0n) is 61.5. The fraction of sp³-hybridized carbons (Fsp3) is 0.500. The van der Waals surface area contributed by atoms with Gasteiger partial charge >= 0.3 is 0 Å². The number of nitrogens with zero attached hydrogens (tertiary/aromatic N) is 4. The second-order valence-corrected chi connectivity index (χ2v) is 32.4. The number of hydrogen-bond acceptors (Lipinski definition) is 0. The summed E-state index contributed by atoms with van der Waals surface area (Å²) in [5, 5.41) is 0. The van der Waals surface area contributed by atoms with Crippen LogP contribution in [0.3, 0.4) is 0 Å². The Morgan fingerprint density at radius 2 is 0.630 bits per heavy atom. The van der Waals surface area contributed by atoms with Gasteiger partial charge in [-0.2, -0.15) is 0 Å². The van der Waals surface area contributed by atoms with Crippen molar-refractivity contribution in [1.82, 2.24) is 0 Å². The second kappa shape index (κ2) is 31.6. The normalized spacial score (nSPS) is 14.8. The molecule has 3 aliphatic carbocycles. The Balaban J connectivity index is 0.000000158. The molecular formula is C88H122N4+4. The molecule has 0 aliphatic heterocycles. The molecule has 0 spiro atoms. The van der Waals surface area contributed by atoms with Crippen LogP contribution in [-0.4, -0.2) is 0 Å². The van der Waals surface area contributed by atoms with Crippen molar-refractivity contribution < 1.29 is 18.3 Å². The van der Waals surface area contributed by atoms with Crippen LogP contribution in [0.15, 0.2) is 146 Å². The fourth-order valence-electron chi connectivity index (χ4n) is 15.3. The summed E-state index contributed by atoms with van der Waals surface area (Å²) in [7, 11) is 8.77. The summed E-state index contributed by atoms with van der Waals surface area (Å²) in [6.07, 6.45) is 31.8. The van der Waals surface area contributed by atoms with E-state index in [1.807, 2.05) is 0 Å². The van der Waals surface area contributed by atoms with Gasteiger partial charge in [-0.15, -0.1) is 0 Å². The molecule has 0 radical (unpaired) electrons. The lowest BCUT2D eigenvalue weighted by molar-refractivity contribution is -0.661. The van der Waals surface area contributed by atoms with Crippen molar-refractivity contribution in [3.63, 3.8) is 0 Å². The van der Waals surface area contributed by atoms with Crippen LogP contribution >= 0.6 is 0 Å². The maximum absolute atomic E-state index is 2.47. The molecule has 3 aliphatic rings. The van der Waals surface area contributed by atoms with E-state index in [9.17, 15) is 0 Å². The summed E-state index contributed by atoms with van der Waals surface area (Å²) in [4.78, 5) is 0. The summed E-state index contributed by atoms with van der Waals surface area (Å²) in [6.45, 7) is 36.8. The third-order valence-electron chi connectivity index (χ3n) is 19.9. The maximum atomic E-state index is 2.47. The van der Waals surface area contributed by atoms with Crippen LogP contribution in [0.1, 0.15) is 245 Å². The summed E-state index contributed by atoms with van der Waals surface area (Å²) in [5.41, 5.74) is 29.5. The third kappa shape index (κ3) is 19.3. The van der Waals surface area contributed by atoms with Crippen molar-refractivity contribution in [2.75, 3.05) is 0 Å². The Labute approximate surface area is 561 Å². The molecule has 4 aromatic heterocycles. The Hall–Kier alpha value is -6.52. The number of aryl methyl sites for hydroxylation is 9. The quantitative estimate of drug-likeness (QED) is 0.102. The van der Waals surface area contributed by atoms with E-state index in [4.69, 9.17) is 0 Å². The van der Waals surface area contributed by atoms with Gasteiger partial charge in [0.25, 0.3) is 0 Å². The zero-order valence-corrected chi connectivity index (χ0v) is 61.5. The number of benzene rings is 4. The van der Waals surface area contributed by atoms with Gasteiger partial charge in [-0.3, -0.25) is 0 Å². The molecule has 4 aromatic carbocycles. The van der Waals surface area contributed by atoms with Crippen molar-refractivity contribution in [3.8, 4) is 45.0 Å². The van der Waals surface area contributed by atoms with Gasteiger partial charge in [0, 0.05) is 68.8 Å². The lowest BCUT2D eigenvalue weighted by atomic mass is 9.81. The molecule has 0 unspecified atom stereocenters. The van der Waals surface area contributed by atoms with E-state index >= 15 is 0 Å². The van der Waals surface area contributed by atoms with E-state index in [2.05, 4.69) is 303 Å². The number of aromatic nitrogens is 4. The van der Waals surface area contributed by atoms with Crippen LogP contribution in [0.5, 0.6) is 0 Å². The van der Waals surface area contributed by atoms with Crippen molar-refractivity contribution in [2.45, 2.75) is 238 Å². The Morgan fingerprint density at radius 1 is 0.348 bits per heavy atom. The highest BCUT2D eigenvalue weighted by atomic mass is 14.9. The molecule has 8 aromatic rings. The zero-order chi connectivity index (χ0) is 66.7. The van der Waals surface area contributed by atoms with E-state index in [-0.39, 0.29) is 5.41 Å². The van der Waals surface area contributed by atoms with Gasteiger partial charge in [0.1, 0.15) is 28.2 Å². The van der Waals surface area contributed by atoms with E-state index in [1.165, 1.54) is 167 Å². The molecule has 0 amide bonds. The SMILES string of the molecule is CCc1c[n+](C)c(-c2ccccc2C)cc1C1CCCC1.Cc1ccccc1-c1cc(CC(C)(C)C)c(C2CCCC2)c[n+]1C.Cc1ccccc1-c1cc(CC(C)(C)C)c(CC(C)(C)C)c[n+]1C.Cc1ccccc1-c1cc(CC(C)C)c(C2CCCC2)c[n+]1C. The largest absolute Gasteiger partial charge is 0.212 e. The van der Waals surface area contributed by atoms with Gasteiger partial charge in [-0.25, -0.2) is 18.3 Å². The first-order valence-corrected chi connectivity index (χ1v) is 35.9. The summed E-state index contributed by atoms with van der Waals surface area (Å²) in [6, 6.07) is 44.7. The minimum atomic E-state index is 0.287. The van der Waals surface area contributed by atoms with Crippen LogP contribution in [0.25, 0.3) is 45.0 Å². The summed E-state index contributed by atoms with van der Waals surface area (Å²) < 4.78 is 9.30. The number of rotatable bonds is 13. The lowest BCUT2D eigenvalue weighted by Gasteiger charge is -2.24. The number of hydrogen-bond donors (Lipinski definition) is 0. The van der Waals surface area contributed by atoms with Gasteiger partial charge in [-0.1, -0.05) is 194 Å². The summed E-state index contributed by atoms with van der Waals surface area (Å²) >= 11 is 0. The Morgan fingerprint density at radius 3 is 0.978 bits per heavy atom. The predicted molar refractivity (Wildman–Crippen MR) is 392 cm³/mol. The molecular weight excluding hydrogens is 1110 g/mol. The van der Waals surface area contributed by atoms with Gasteiger partial charge < -0.3 is 0 Å². The van der Waals surface area contributed by atoms with Crippen molar-refractivity contribution in [1.29, 1.82) is 0 Å². The number of pyridine rings is 4. The van der Waals surface area contributed by atoms with Gasteiger partial charge in [0.2, 0.25) is 22.8 Å². The Kier molecular flexibility index (Phi) is 24.5. The van der Waals surface area contributed by atoms with E-state index < -0.39 is 0 Å². The van der Waals surface area contributed by atoms with Crippen LogP contribution in [0.4, 0.5) is 0 Å². The standard InChI is InChI=1S/C23H32N.C23H34N.C22H30N.C20H26N/c1-17-10-6-9-13-20(17)22-14-19(15-23(2,3)4)21(16-24(22)5)18-11-7-8-12-18;1-17-11-9-10-12-20(17)21-13-18(14-22(2,3)4)19(16-24(21)8)15-23(5,6)7;1-16(2)13-19-14-22(20-12-8-5-9-17(20)3)23(4)15-21(19)18-10-6-7-11-18;1-4-16-14-21(3)20(18-12-8-5-9-15(18)2)13-19(16)17-10-6-7-11-17/h6,9-10,13-14,16,18H,7-8,11-12,15H2,1-5H3;9-13,16H,14-15H2,1-8H3;5,8-9,12,14-16,18H,6-7,10-11,13H2,1-4H3;5,8-9,12-14,17H,4,6-7,10-11H2,1-3H3/q4*+1. The minimum absolute atomic E-state index is 0.287. The topological polar surface area (TPSA) is 15.5 Å². The average Bonchev–Trinajstić information content (AvgIpc) is 1.17. The molecule has 3 fully saturated rings. The molecule has 11 rings (SSSR count). The summed E-state index contributed by atoms with van der Waals surface area (Å²) in [5.74, 6) is 3.02.